The van der Waals surface area contributed by atoms with Gasteiger partial charge in [-0.15, -0.1) is 0 Å². The fourth-order valence-electron chi connectivity index (χ4n) is 2.22. The fraction of sp³-hybridized carbons (Fsp3) is 0.267. The third-order valence-electron chi connectivity index (χ3n) is 3.35. The molecule has 3 rings (SSSR count). The summed E-state index contributed by atoms with van der Waals surface area (Å²) in [4.78, 5) is 19.4. The molecule has 0 radical (unpaired) electrons. The van der Waals surface area contributed by atoms with Crippen LogP contribution in [-0.2, 0) is 6.54 Å². The van der Waals surface area contributed by atoms with Crippen molar-refractivity contribution in [1.82, 2.24) is 19.7 Å². The van der Waals surface area contributed by atoms with E-state index >= 15 is 0 Å². The van der Waals surface area contributed by atoms with Crippen LogP contribution in [0.1, 0.15) is 17.7 Å². The van der Waals surface area contributed by atoms with Crippen LogP contribution in [0.25, 0.3) is 11.0 Å². The summed E-state index contributed by atoms with van der Waals surface area (Å²) < 4.78 is 1.54. The van der Waals surface area contributed by atoms with Crippen molar-refractivity contribution in [2.45, 2.75) is 23.9 Å². The maximum Gasteiger partial charge on any atom is 0.262 e. The molecule has 6 nitrogen and oxygen atoms in total. The minimum Gasteiger partial charge on any atom is -0.394 e. The van der Waals surface area contributed by atoms with Crippen LogP contribution >= 0.6 is 11.8 Å². The average molecular weight is 316 g/mol. The molecule has 22 heavy (non-hydrogen) atoms. The predicted molar refractivity (Wildman–Crippen MR) is 85.9 cm³/mol. The Morgan fingerprint density at radius 3 is 2.86 bits per heavy atom. The summed E-state index contributed by atoms with van der Waals surface area (Å²) in [6.07, 6.45) is 1.48. The molecule has 0 amide bonds. The SMILES string of the molecule is CC(Sc1nc2c(cnn2CCO)c(=O)[nH]1)c1ccccc1. The van der Waals surface area contributed by atoms with Gasteiger partial charge in [0.05, 0.1) is 19.3 Å². The number of aliphatic hydroxyl groups excluding tert-OH is 1. The molecule has 2 aromatic heterocycles. The molecule has 0 aliphatic rings. The molecule has 0 saturated carbocycles. The van der Waals surface area contributed by atoms with E-state index in [4.69, 9.17) is 5.11 Å². The van der Waals surface area contributed by atoms with Gasteiger partial charge in [0.2, 0.25) is 0 Å². The Bertz CT molecular complexity index is 828. The van der Waals surface area contributed by atoms with Gasteiger partial charge in [0, 0.05) is 5.25 Å². The third kappa shape index (κ3) is 2.90. The molecule has 1 aromatic carbocycles. The number of H-pyrrole nitrogens is 1. The van der Waals surface area contributed by atoms with Crippen molar-refractivity contribution in [3.05, 3.63) is 52.4 Å². The zero-order valence-electron chi connectivity index (χ0n) is 12.1. The van der Waals surface area contributed by atoms with Gasteiger partial charge in [0.25, 0.3) is 5.56 Å². The number of aliphatic hydroxyl groups is 1. The van der Waals surface area contributed by atoms with Crippen LogP contribution < -0.4 is 5.56 Å². The molecular formula is C15H16N4O2S. The van der Waals surface area contributed by atoms with Gasteiger partial charge >= 0.3 is 0 Å². The zero-order chi connectivity index (χ0) is 15.5. The van der Waals surface area contributed by atoms with Crippen molar-refractivity contribution < 1.29 is 5.11 Å². The Hall–Kier alpha value is -2.12. The Kier molecular flexibility index (Phi) is 4.26. The van der Waals surface area contributed by atoms with Gasteiger partial charge in [-0.05, 0) is 12.5 Å². The highest BCUT2D eigenvalue weighted by Gasteiger charge is 2.13. The largest absolute Gasteiger partial charge is 0.394 e. The maximum atomic E-state index is 12.1. The fourth-order valence-corrected chi connectivity index (χ4v) is 3.14. The number of nitrogens with one attached hydrogen (secondary N) is 1. The van der Waals surface area contributed by atoms with Gasteiger partial charge in [-0.2, -0.15) is 5.10 Å². The summed E-state index contributed by atoms with van der Waals surface area (Å²) in [5.74, 6) is 0. The van der Waals surface area contributed by atoms with Gasteiger partial charge in [-0.1, -0.05) is 42.1 Å². The maximum absolute atomic E-state index is 12.1. The third-order valence-corrected chi connectivity index (χ3v) is 4.40. The molecule has 0 aliphatic carbocycles. The summed E-state index contributed by atoms with van der Waals surface area (Å²) >= 11 is 1.49. The van der Waals surface area contributed by atoms with E-state index in [1.165, 1.54) is 23.5 Å². The molecule has 0 bridgehead atoms. The van der Waals surface area contributed by atoms with Gasteiger partial charge in [0.1, 0.15) is 5.39 Å². The highest BCUT2D eigenvalue weighted by molar-refractivity contribution is 7.99. The molecule has 2 heterocycles. The molecule has 1 atom stereocenters. The number of rotatable bonds is 5. The molecule has 0 fully saturated rings. The van der Waals surface area contributed by atoms with Crippen LogP contribution in [0.15, 0.2) is 46.5 Å². The first-order valence-corrected chi connectivity index (χ1v) is 7.85. The lowest BCUT2D eigenvalue weighted by molar-refractivity contribution is 0.271. The Morgan fingerprint density at radius 1 is 1.36 bits per heavy atom. The topological polar surface area (TPSA) is 83.8 Å². The highest BCUT2D eigenvalue weighted by atomic mass is 32.2. The zero-order valence-corrected chi connectivity index (χ0v) is 12.9. The van der Waals surface area contributed by atoms with Crippen LogP contribution in [0, 0.1) is 0 Å². The second-order valence-electron chi connectivity index (χ2n) is 4.87. The van der Waals surface area contributed by atoms with Crippen molar-refractivity contribution >= 4 is 22.8 Å². The summed E-state index contributed by atoms with van der Waals surface area (Å²) in [5, 5.41) is 14.3. The van der Waals surface area contributed by atoms with E-state index in [-0.39, 0.29) is 17.4 Å². The van der Waals surface area contributed by atoms with Crippen molar-refractivity contribution in [3.63, 3.8) is 0 Å². The standard InChI is InChI=1S/C15H16N4O2S/c1-10(11-5-3-2-4-6-11)22-15-17-13-12(14(21)18-15)9-16-19(13)7-8-20/h2-6,9-10,20H,7-8H2,1H3,(H,17,18,21). The van der Waals surface area contributed by atoms with E-state index in [2.05, 4.69) is 22.0 Å². The van der Waals surface area contributed by atoms with E-state index in [1.807, 2.05) is 30.3 Å². The van der Waals surface area contributed by atoms with Crippen LogP contribution in [0.5, 0.6) is 0 Å². The number of benzene rings is 1. The average Bonchev–Trinajstić information content (AvgIpc) is 2.92. The molecule has 2 N–H and O–H groups in total. The molecule has 0 saturated heterocycles. The quantitative estimate of drug-likeness (QED) is 0.555. The highest BCUT2D eigenvalue weighted by Crippen LogP contribution is 2.32. The van der Waals surface area contributed by atoms with Crippen molar-refractivity contribution in [3.8, 4) is 0 Å². The second-order valence-corrected chi connectivity index (χ2v) is 6.20. The molecule has 114 valence electrons. The van der Waals surface area contributed by atoms with E-state index < -0.39 is 0 Å². The lowest BCUT2D eigenvalue weighted by atomic mass is 10.2. The first-order valence-electron chi connectivity index (χ1n) is 6.97. The van der Waals surface area contributed by atoms with Crippen LogP contribution in [0.3, 0.4) is 0 Å². The summed E-state index contributed by atoms with van der Waals surface area (Å²) in [7, 11) is 0. The predicted octanol–water partition coefficient (Wildman–Crippen LogP) is 1.97. The molecule has 7 heteroatoms. The number of thioether (sulfide) groups is 1. The molecule has 0 aliphatic heterocycles. The van der Waals surface area contributed by atoms with Crippen molar-refractivity contribution in [1.29, 1.82) is 0 Å². The van der Waals surface area contributed by atoms with E-state index in [9.17, 15) is 4.79 Å². The summed E-state index contributed by atoms with van der Waals surface area (Å²) in [6.45, 7) is 2.33. The second kappa shape index (κ2) is 6.33. The number of hydrogen-bond donors (Lipinski definition) is 2. The monoisotopic (exact) mass is 316 g/mol. The Balaban J connectivity index is 1.94. The number of aromatic nitrogens is 4. The van der Waals surface area contributed by atoms with E-state index in [0.29, 0.717) is 22.7 Å². The van der Waals surface area contributed by atoms with Crippen molar-refractivity contribution in [2.24, 2.45) is 0 Å². The Labute approximate surface area is 131 Å². The lowest BCUT2D eigenvalue weighted by Gasteiger charge is -2.10. The first kappa shape index (κ1) is 14.8. The smallest absolute Gasteiger partial charge is 0.262 e. The summed E-state index contributed by atoms with van der Waals surface area (Å²) in [5.41, 5.74) is 1.46. The summed E-state index contributed by atoms with van der Waals surface area (Å²) in [6, 6.07) is 10.0. The first-order chi connectivity index (χ1) is 10.7. The van der Waals surface area contributed by atoms with Gasteiger partial charge in [-0.25, -0.2) is 9.67 Å². The number of hydrogen-bond acceptors (Lipinski definition) is 5. The van der Waals surface area contributed by atoms with Gasteiger partial charge in [-0.3, -0.25) is 4.79 Å². The molecular weight excluding hydrogens is 300 g/mol. The minimum atomic E-state index is -0.211. The lowest BCUT2D eigenvalue weighted by Crippen LogP contribution is -2.11. The van der Waals surface area contributed by atoms with Crippen LogP contribution in [-0.4, -0.2) is 31.5 Å². The Morgan fingerprint density at radius 2 is 2.14 bits per heavy atom. The van der Waals surface area contributed by atoms with Crippen molar-refractivity contribution in [2.75, 3.05) is 6.61 Å². The minimum absolute atomic E-state index is 0.0475. The van der Waals surface area contributed by atoms with Crippen LogP contribution in [0.2, 0.25) is 0 Å². The molecule has 1 unspecified atom stereocenters. The number of aromatic amines is 1. The van der Waals surface area contributed by atoms with E-state index in [0.717, 1.165) is 0 Å². The number of nitrogens with zero attached hydrogens (tertiary/aromatic N) is 3. The molecule has 3 aromatic rings. The van der Waals surface area contributed by atoms with Crippen LogP contribution in [0.4, 0.5) is 0 Å². The molecule has 0 spiro atoms. The number of fused-ring (bicyclic) bond motifs is 1. The van der Waals surface area contributed by atoms with E-state index in [1.54, 1.807) is 4.68 Å². The van der Waals surface area contributed by atoms with Gasteiger partial charge in [0.15, 0.2) is 10.8 Å². The normalized spacial score (nSPS) is 12.6. The van der Waals surface area contributed by atoms with Gasteiger partial charge < -0.3 is 10.1 Å².